The summed E-state index contributed by atoms with van der Waals surface area (Å²) in [6, 6.07) is 19.0. The van der Waals surface area contributed by atoms with Gasteiger partial charge in [-0.2, -0.15) is 0 Å². The summed E-state index contributed by atoms with van der Waals surface area (Å²) in [5.41, 5.74) is 10.5. The molecular weight excluding hydrogens is 525 g/mol. The van der Waals surface area contributed by atoms with Gasteiger partial charge in [-0.05, 0) is 50.1 Å². The molecule has 28 heavy (non-hydrogen) atoms. The zero-order valence-corrected chi connectivity index (χ0v) is 18.3. The minimum absolute atomic E-state index is 0. The van der Waals surface area contributed by atoms with Crippen molar-refractivity contribution in [2.24, 2.45) is 0 Å². The first-order chi connectivity index (χ1) is 13.1. The number of aromatic nitrogens is 3. The van der Waals surface area contributed by atoms with E-state index in [0.29, 0.717) is 0 Å². The van der Waals surface area contributed by atoms with Crippen LogP contribution in [0.1, 0.15) is 16.8 Å². The van der Waals surface area contributed by atoms with E-state index >= 15 is 0 Å². The Balaban J connectivity index is 0.00000192. The summed E-state index contributed by atoms with van der Waals surface area (Å²) in [7, 11) is 0. The minimum Gasteiger partial charge on any atom is -0.354 e. The Kier molecular flexibility index (Phi) is 4.72. The molecule has 3 nitrogen and oxygen atoms in total. The van der Waals surface area contributed by atoms with Crippen LogP contribution in [0.2, 0.25) is 0 Å². The minimum atomic E-state index is 0. The Morgan fingerprint density at radius 3 is 1.82 bits per heavy atom. The van der Waals surface area contributed by atoms with E-state index in [2.05, 4.69) is 90.3 Å². The summed E-state index contributed by atoms with van der Waals surface area (Å²) in [6.07, 6.45) is 1.90. The molecule has 0 atom stereocenters. The number of nitrogens with zero attached hydrogens (tertiary/aromatic N) is 1. The molecule has 0 amide bonds. The van der Waals surface area contributed by atoms with Crippen LogP contribution in [0.15, 0.2) is 60.8 Å². The molecular formula is C24H21N3Pt+2. The van der Waals surface area contributed by atoms with Gasteiger partial charge in [-0.15, -0.1) is 0 Å². The van der Waals surface area contributed by atoms with Crippen molar-refractivity contribution in [1.29, 1.82) is 0 Å². The molecule has 2 aromatic carbocycles. The number of hydrogen-bond acceptors (Lipinski definition) is 1. The molecule has 0 bridgehead atoms. The first kappa shape index (κ1) is 18.7. The fraction of sp³-hybridized carbons (Fsp3) is 0.125. The van der Waals surface area contributed by atoms with Gasteiger partial charge in [0.25, 0.3) is 0 Å². The van der Waals surface area contributed by atoms with Crippen molar-refractivity contribution in [2.45, 2.75) is 20.8 Å². The topological polar surface area (TPSA) is 44.5 Å². The number of fused-ring (bicyclic) bond motifs is 2. The maximum atomic E-state index is 4.60. The summed E-state index contributed by atoms with van der Waals surface area (Å²) in [5, 5.41) is 2.52. The van der Waals surface area contributed by atoms with E-state index in [1.54, 1.807) is 0 Å². The average Bonchev–Trinajstić information content (AvgIpc) is 3.20. The Hall–Kier alpha value is -2.64. The Labute approximate surface area is 178 Å². The molecule has 0 spiro atoms. The first-order valence-electron chi connectivity index (χ1n) is 9.26. The van der Waals surface area contributed by atoms with E-state index in [1.807, 2.05) is 6.20 Å². The predicted octanol–water partition coefficient (Wildman–Crippen LogP) is 6.30. The van der Waals surface area contributed by atoms with Gasteiger partial charge in [0.2, 0.25) is 0 Å². The number of benzene rings is 2. The zero-order chi connectivity index (χ0) is 18.5. The molecule has 3 heterocycles. The second-order valence-electron chi connectivity index (χ2n) is 7.16. The molecule has 0 unspecified atom stereocenters. The van der Waals surface area contributed by atoms with E-state index in [4.69, 9.17) is 0 Å². The Bertz CT molecular complexity index is 1310. The SMILES string of the molecule is Cc1nccc(-c2[nH]c3ccccc3c2C)c1-c1[nH]c2ccccc2c1C.[Pt+2]. The largest absolute Gasteiger partial charge is 2.00 e. The summed E-state index contributed by atoms with van der Waals surface area (Å²) in [5.74, 6) is 0. The molecule has 5 aromatic rings. The summed E-state index contributed by atoms with van der Waals surface area (Å²) < 4.78 is 0. The van der Waals surface area contributed by atoms with Gasteiger partial charge in [-0.3, -0.25) is 4.98 Å². The van der Waals surface area contributed by atoms with Gasteiger partial charge in [-0.25, -0.2) is 0 Å². The van der Waals surface area contributed by atoms with Crippen LogP contribution >= 0.6 is 0 Å². The van der Waals surface area contributed by atoms with E-state index in [9.17, 15) is 0 Å². The summed E-state index contributed by atoms with van der Waals surface area (Å²) >= 11 is 0. The van der Waals surface area contributed by atoms with Crippen LogP contribution in [-0.4, -0.2) is 15.0 Å². The monoisotopic (exact) mass is 546 g/mol. The molecule has 0 radical (unpaired) electrons. The molecule has 0 saturated heterocycles. The molecule has 0 aliphatic heterocycles. The van der Waals surface area contributed by atoms with E-state index < -0.39 is 0 Å². The van der Waals surface area contributed by atoms with E-state index in [-0.39, 0.29) is 21.1 Å². The van der Waals surface area contributed by atoms with Gasteiger partial charge in [0, 0.05) is 44.8 Å². The van der Waals surface area contributed by atoms with Crippen molar-refractivity contribution in [3.63, 3.8) is 0 Å². The van der Waals surface area contributed by atoms with Gasteiger partial charge >= 0.3 is 21.1 Å². The van der Waals surface area contributed by atoms with Crippen LogP contribution in [0.25, 0.3) is 44.3 Å². The number of nitrogens with one attached hydrogen (secondary N) is 2. The Morgan fingerprint density at radius 2 is 1.21 bits per heavy atom. The van der Waals surface area contributed by atoms with Crippen molar-refractivity contribution in [1.82, 2.24) is 15.0 Å². The van der Waals surface area contributed by atoms with Crippen molar-refractivity contribution in [2.75, 3.05) is 0 Å². The third kappa shape index (κ3) is 2.73. The standard InChI is InChI=1S/C24H21N3.Pt/c1-14-17-8-4-6-10-20(17)26-23(14)19-12-13-25-16(3)22(19)24-15(2)18-9-5-7-11-21(18)27-24;/h4-13,26-27H,1-3H3;/q;+2. The summed E-state index contributed by atoms with van der Waals surface area (Å²) in [6.45, 7) is 6.45. The van der Waals surface area contributed by atoms with Crippen molar-refractivity contribution in [3.8, 4) is 22.5 Å². The zero-order valence-electron chi connectivity index (χ0n) is 16.0. The van der Waals surface area contributed by atoms with Gasteiger partial charge in [-0.1, -0.05) is 36.4 Å². The number of para-hydroxylation sites is 2. The molecule has 0 aliphatic carbocycles. The van der Waals surface area contributed by atoms with E-state index in [0.717, 1.165) is 22.6 Å². The van der Waals surface area contributed by atoms with Crippen LogP contribution in [-0.2, 0) is 21.1 Å². The molecule has 0 aliphatic rings. The normalized spacial score (nSPS) is 11.1. The molecule has 4 heteroatoms. The van der Waals surface area contributed by atoms with Crippen LogP contribution in [0, 0.1) is 20.8 Å². The third-order valence-corrected chi connectivity index (χ3v) is 5.59. The number of hydrogen-bond donors (Lipinski definition) is 2. The first-order valence-corrected chi connectivity index (χ1v) is 9.26. The number of H-pyrrole nitrogens is 2. The predicted molar refractivity (Wildman–Crippen MR) is 113 cm³/mol. The van der Waals surface area contributed by atoms with Crippen molar-refractivity contribution < 1.29 is 21.1 Å². The number of rotatable bonds is 2. The maximum Gasteiger partial charge on any atom is 2.00 e. The third-order valence-electron chi connectivity index (χ3n) is 5.59. The second kappa shape index (κ2) is 7.07. The van der Waals surface area contributed by atoms with Crippen LogP contribution in [0.3, 0.4) is 0 Å². The summed E-state index contributed by atoms with van der Waals surface area (Å²) in [4.78, 5) is 11.9. The van der Waals surface area contributed by atoms with Gasteiger partial charge in [0.1, 0.15) is 0 Å². The quantitative estimate of drug-likeness (QED) is 0.268. The molecule has 0 saturated carbocycles. The van der Waals surface area contributed by atoms with Crippen molar-refractivity contribution in [3.05, 3.63) is 77.6 Å². The van der Waals surface area contributed by atoms with Crippen molar-refractivity contribution >= 4 is 21.8 Å². The molecule has 5 rings (SSSR count). The van der Waals surface area contributed by atoms with Gasteiger partial charge in [0.15, 0.2) is 0 Å². The molecule has 0 fully saturated rings. The number of pyridine rings is 1. The van der Waals surface area contributed by atoms with Gasteiger partial charge in [0.05, 0.1) is 11.4 Å². The second-order valence-corrected chi connectivity index (χ2v) is 7.16. The van der Waals surface area contributed by atoms with E-state index in [1.165, 1.54) is 38.5 Å². The fourth-order valence-electron chi connectivity index (χ4n) is 4.17. The fourth-order valence-corrected chi connectivity index (χ4v) is 4.17. The number of aromatic amines is 2. The molecule has 3 aromatic heterocycles. The maximum absolute atomic E-state index is 4.60. The van der Waals surface area contributed by atoms with Crippen LogP contribution in [0.5, 0.6) is 0 Å². The average molecular weight is 547 g/mol. The van der Waals surface area contributed by atoms with Crippen LogP contribution < -0.4 is 0 Å². The van der Waals surface area contributed by atoms with Crippen LogP contribution in [0.4, 0.5) is 0 Å². The van der Waals surface area contributed by atoms with Gasteiger partial charge < -0.3 is 9.97 Å². The number of aryl methyl sites for hydroxylation is 3. The Morgan fingerprint density at radius 1 is 0.679 bits per heavy atom. The molecule has 2 N–H and O–H groups in total. The smallest absolute Gasteiger partial charge is 0.354 e. The molecule has 140 valence electrons.